The molecule has 0 fully saturated rings. The first-order valence-electron chi connectivity index (χ1n) is 5.19. The van der Waals surface area contributed by atoms with E-state index in [1.54, 1.807) is 0 Å². The molecule has 9 heteroatoms. The van der Waals surface area contributed by atoms with Crippen molar-refractivity contribution >= 4 is 12.4 Å². The van der Waals surface area contributed by atoms with E-state index < -0.39 is 42.6 Å². The second-order valence-corrected chi connectivity index (χ2v) is 4.03. The van der Waals surface area contributed by atoms with Crippen LogP contribution in [0.2, 0.25) is 0 Å². The lowest BCUT2D eigenvalue weighted by Crippen LogP contribution is -2.17. The van der Waals surface area contributed by atoms with Crippen LogP contribution in [0.1, 0.15) is 30.0 Å². The Labute approximate surface area is 116 Å². The van der Waals surface area contributed by atoms with Gasteiger partial charge in [0.25, 0.3) is 0 Å². The molecule has 0 heterocycles. The van der Waals surface area contributed by atoms with Crippen LogP contribution in [0.3, 0.4) is 0 Å². The van der Waals surface area contributed by atoms with Gasteiger partial charge >= 0.3 is 12.4 Å². The Balaban J connectivity index is 0.00000361. The molecule has 2 N–H and O–H groups in total. The Morgan fingerprint density at radius 1 is 1.00 bits per heavy atom. The molecule has 0 saturated heterocycles. The Hall–Kier alpha value is -1.02. The second kappa shape index (κ2) is 6.62. The van der Waals surface area contributed by atoms with E-state index >= 15 is 0 Å². The highest BCUT2D eigenvalue weighted by molar-refractivity contribution is 5.85. The van der Waals surface area contributed by atoms with Gasteiger partial charge in [0.05, 0.1) is 5.56 Å². The molecule has 0 aromatic heterocycles. The molecule has 0 aliphatic carbocycles. The van der Waals surface area contributed by atoms with Crippen molar-refractivity contribution in [3.05, 3.63) is 35.1 Å². The molecule has 0 saturated carbocycles. The summed E-state index contributed by atoms with van der Waals surface area (Å²) in [6, 6.07) is 0.221. The predicted molar refractivity (Wildman–Crippen MR) is 60.9 cm³/mol. The lowest BCUT2D eigenvalue weighted by atomic mass is 10.00. The number of rotatable bonds is 3. The fourth-order valence-electron chi connectivity index (χ4n) is 1.48. The van der Waals surface area contributed by atoms with E-state index in [0.717, 1.165) is 0 Å². The summed E-state index contributed by atoms with van der Waals surface area (Å²) in [6.45, 7) is 0. The van der Waals surface area contributed by atoms with Crippen molar-refractivity contribution in [1.29, 1.82) is 0 Å². The fourth-order valence-corrected chi connectivity index (χ4v) is 1.48. The van der Waals surface area contributed by atoms with E-state index in [2.05, 4.69) is 0 Å². The molecule has 0 unspecified atom stereocenters. The topological polar surface area (TPSA) is 26.0 Å². The van der Waals surface area contributed by atoms with Crippen LogP contribution < -0.4 is 5.73 Å². The van der Waals surface area contributed by atoms with E-state index in [1.165, 1.54) is 0 Å². The minimum absolute atomic E-state index is 0. The lowest BCUT2D eigenvalue weighted by molar-refractivity contribution is -0.138. The Bertz CT molecular complexity index is 441. The predicted octanol–water partition coefficient (Wildman–Crippen LogP) is 4.61. The molecule has 0 radical (unpaired) electrons. The Morgan fingerprint density at radius 2 is 1.55 bits per heavy atom. The summed E-state index contributed by atoms with van der Waals surface area (Å²) in [7, 11) is 0. The first-order valence-corrected chi connectivity index (χ1v) is 5.19. The van der Waals surface area contributed by atoms with Gasteiger partial charge < -0.3 is 5.73 Å². The van der Waals surface area contributed by atoms with Crippen molar-refractivity contribution < 1.29 is 30.7 Å². The molecule has 0 aliphatic heterocycles. The van der Waals surface area contributed by atoms with Crippen LogP contribution in [0, 0.1) is 5.82 Å². The number of halogens is 8. The van der Waals surface area contributed by atoms with Crippen LogP contribution in [-0.2, 0) is 6.18 Å². The van der Waals surface area contributed by atoms with E-state index in [-0.39, 0.29) is 24.0 Å². The third kappa shape index (κ3) is 5.96. The SMILES string of the molecule is Cl.N[C@@H](CCC(F)(F)F)c1cc(F)cc(C(F)(F)F)c1. The van der Waals surface area contributed by atoms with Crippen LogP contribution >= 0.6 is 12.4 Å². The van der Waals surface area contributed by atoms with Gasteiger partial charge in [0.1, 0.15) is 5.82 Å². The molecule has 0 bridgehead atoms. The van der Waals surface area contributed by atoms with E-state index in [9.17, 15) is 30.7 Å². The Morgan fingerprint density at radius 3 is 2.00 bits per heavy atom. The quantitative estimate of drug-likeness (QED) is 0.807. The zero-order valence-electron chi connectivity index (χ0n) is 9.85. The molecule has 1 atom stereocenters. The van der Waals surface area contributed by atoms with Crippen LogP contribution in [0.5, 0.6) is 0 Å². The average Bonchev–Trinajstić information content (AvgIpc) is 2.22. The third-order valence-corrected chi connectivity index (χ3v) is 2.41. The zero-order valence-corrected chi connectivity index (χ0v) is 10.7. The van der Waals surface area contributed by atoms with Crippen molar-refractivity contribution in [2.75, 3.05) is 0 Å². The van der Waals surface area contributed by atoms with Crippen LogP contribution in [0.4, 0.5) is 30.7 Å². The normalized spacial score (nSPS) is 13.8. The molecule has 0 amide bonds. The van der Waals surface area contributed by atoms with Gasteiger partial charge in [-0.25, -0.2) is 4.39 Å². The van der Waals surface area contributed by atoms with Crippen LogP contribution in [0.15, 0.2) is 18.2 Å². The number of hydrogen-bond donors (Lipinski definition) is 1. The molecule has 0 spiro atoms. The van der Waals surface area contributed by atoms with Crippen molar-refractivity contribution in [2.24, 2.45) is 5.73 Å². The van der Waals surface area contributed by atoms with Gasteiger partial charge in [0.2, 0.25) is 0 Å². The van der Waals surface area contributed by atoms with Crippen molar-refractivity contribution in [2.45, 2.75) is 31.2 Å². The maximum Gasteiger partial charge on any atom is 0.416 e. The highest BCUT2D eigenvalue weighted by atomic mass is 35.5. The van der Waals surface area contributed by atoms with Crippen LogP contribution in [0.25, 0.3) is 0 Å². The van der Waals surface area contributed by atoms with Gasteiger partial charge in [-0.05, 0) is 30.2 Å². The summed E-state index contributed by atoms with van der Waals surface area (Å²) >= 11 is 0. The van der Waals surface area contributed by atoms with Crippen molar-refractivity contribution in [1.82, 2.24) is 0 Å². The smallest absolute Gasteiger partial charge is 0.324 e. The maximum absolute atomic E-state index is 13.0. The van der Waals surface area contributed by atoms with Gasteiger partial charge in [-0.3, -0.25) is 0 Å². The average molecular weight is 326 g/mol. The van der Waals surface area contributed by atoms with Crippen LogP contribution in [-0.4, -0.2) is 6.18 Å². The van der Waals surface area contributed by atoms with E-state index in [1.807, 2.05) is 0 Å². The number of alkyl halides is 6. The highest BCUT2D eigenvalue weighted by Crippen LogP contribution is 2.33. The molecule has 1 rings (SSSR count). The number of hydrogen-bond acceptors (Lipinski definition) is 1. The molecule has 0 aliphatic rings. The second-order valence-electron chi connectivity index (χ2n) is 4.03. The van der Waals surface area contributed by atoms with Crippen molar-refractivity contribution in [3.63, 3.8) is 0 Å². The summed E-state index contributed by atoms with van der Waals surface area (Å²) in [5, 5.41) is 0. The molecule has 116 valence electrons. The highest BCUT2D eigenvalue weighted by Gasteiger charge is 2.32. The summed E-state index contributed by atoms with van der Waals surface area (Å²) in [4.78, 5) is 0. The summed E-state index contributed by atoms with van der Waals surface area (Å²) in [5.74, 6) is -1.19. The van der Waals surface area contributed by atoms with E-state index in [0.29, 0.717) is 12.1 Å². The lowest BCUT2D eigenvalue weighted by Gasteiger charge is -2.16. The largest absolute Gasteiger partial charge is 0.416 e. The van der Waals surface area contributed by atoms with Gasteiger partial charge in [-0.2, -0.15) is 26.3 Å². The third-order valence-electron chi connectivity index (χ3n) is 2.41. The number of nitrogens with two attached hydrogens (primary N) is 1. The van der Waals surface area contributed by atoms with Gasteiger partial charge in [-0.1, -0.05) is 0 Å². The van der Waals surface area contributed by atoms with E-state index in [4.69, 9.17) is 5.73 Å². The molecular formula is C11H11ClF7N. The maximum atomic E-state index is 13.0. The summed E-state index contributed by atoms with van der Waals surface area (Å²) in [6.07, 6.45) is -11.1. The van der Waals surface area contributed by atoms with Gasteiger partial charge in [-0.15, -0.1) is 12.4 Å². The summed E-state index contributed by atoms with van der Waals surface area (Å²) in [5.41, 5.74) is 3.77. The first-order chi connectivity index (χ1) is 8.49. The summed E-state index contributed by atoms with van der Waals surface area (Å²) < 4.78 is 86.1. The van der Waals surface area contributed by atoms with Gasteiger partial charge in [0, 0.05) is 12.5 Å². The van der Waals surface area contributed by atoms with Crippen molar-refractivity contribution in [3.8, 4) is 0 Å². The molecular weight excluding hydrogens is 315 g/mol. The number of benzene rings is 1. The minimum Gasteiger partial charge on any atom is -0.324 e. The van der Waals surface area contributed by atoms with Gasteiger partial charge in [0.15, 0.2) is 0 Å². The fraction of sp³-hybridized carbons (Fsp3) is 0.455. The Kier molecular flexibility index (Phi) is 6.28. The first kappa shape index (κ1) is 19.0. The zero-order chi connectivity index (χ0) is 14.8. The molecule has 20 heavy (non-hydrogen) atoms. The standard InChI is InChI=1S/C11H10F7N.ClH/c12-8-4-6(3-7(5-8)11(16,17)18)9(19)1-2-10(13,14)15;/h3-5,9H,1-2,19H2;1H/t9-;/m0./s1. The monoisotopic (exact) mass is 325 g/mol. The minimum atomic E-state index is -4.78. The molecule has 1 aromatic carbocycles. The molecule has 1 nitrogen and oxygen atoms in total. The molecule has 1 aromatic rings.